The quantitative estimate of drug-likeness (QED) is 0.354. The standard InChI is InChI=1S/C21H33N3O4.HI/c1-2-11-26-18(5-1)15-23-21(22-9-8-17-6-3-12-25-17)24-10-14-28-20(16-24)19-7-4-13-27-19;/h3,6,12,18-20H,1-2,4-5,7-11,13-16H2,(H,22,23);1H. The lowest BCUT2D eigenvalue weighted by Gasteiger charge is -2.37. The second-order valence-corrected chi connectivity index (χ2v) is 7.82. The van der Waals surface area contributed by atoms with Crippen molar-refractivity contribution in [1.82, 2.24) is 10.2 Å². The highest BCUT2D eigenvalue weighted by molar-refractivity contribution is 14.0. The first-order valence-corrected chi connectivity index (χ1v) is 10.8. The van der Waals surface area contributed by atoms with Crippen molar-refractivity contribution in [2.75, 3.05) is 46.0 Å². The second-order valence-electron chi connectivity index (χ2n) is 7.82. The lowest BCUT2D eigenvalue weighted by Crippen LogP contribution is -2.53. The fourth-order valence-electron chi connectivity index (χ4n) is 4.15. The maximum Gasteiger partial charge on any atom is 0.194 e. The van der Waals surface area contributed by atoms with Gasteiger partial charge >= 0.3 is 0 Å². The number of furan rings is 1. The molecular weight excluding hydrogens is 485 g/mol. The van der Waals surface area contributed by atoms with E-state index in [-0.39, 0.29) is 42.3 Å². The molecule has 3 atom stereocenters. The summed E-state index contributed by atoms with van der Waals surface area (Å²) in [6.07, 6.45) is 8.87. The number of halogens is 1. The summed E-state index contributed by atoms with van der Waals surface area (Å²) in [5.74, 6) is 1.94. The van der Waals surface area contributed by atoms with Crippen LogP contribution in [0.3, 0.4) is 0 Å². The predicted octanol–water partition coefficient (Wildman–Crippen LogP) is 2.83. The van der Waals surface area contributed by atoms with Gasteiger partial charge in [0.2, 0.25) is 0 Å². The van der Waals surface area contributed by atoms with E-state index in [9.17, 15) is 0 Å². The summed E-state index contributed by atoms with van der Waals surface area (Å²) >= 11 is 0. The van der Waals surface area contributed by atoms with E-state index in [2.05, 4.69) is 10.2 Å². The molecule has 0 bridgehead atoms. The van der Waals surface area contributed by atoms with Crippen LogP contribution in [0.25, 0.3) is 0 Å². The van der Waals surface area contributed by atoms with Gasteiger partial charge < -0.3 is 28.8 Å². The molecule has 7 nitrogen and oxygen atoms in total. The summed E-state index contributed by atoms with van der Waals surface area (Å²) in [5, 5.41) is 3.54. The molecular formula is C21H34IN3O4. The Morgan fingerprint density at radius 2 is 1.97 bits per heavy atom. The average Bonchev–Trinajstić information content (AvgIpc) is 3.46. The zero-order chi connectivity index (χ0) is 19.0. The smallest absolute Gasteiger partial charge is 0.194 e. The highest BCUT2D eigenvalue weighted by atomic mass is 127. The number of hydrogen-bond acceptors (Lipinski definition) is 5. The van der Waals surface area contributed by atoms with Gasteiger partial charge in [0.1, 0.15) is 11.9 Å². The molecule has 0 spiro atoms. The van der Waals surface area contributed by atoms with Crippen molar-refractivity contribution >= 4 is 29.9 Å². The van der Waals surface area contributed by atoms with Crippen LogP contribution in [0.2, 0.25) is 0 Å². The van der Waals surface area contributed by atoms with Crippen LogP contribution in [0.15, 0.2) is 27.8 Å². The van der Waals surface area contributed by atoms with Gasteiger partial charge in [-0.3, -0.25) is 4.99 Å². The molecule has 3 unspecified atom stereocenters. The van der Waals surface area contributed by atoms with Crippen LogP contribution in [-0.4, -0.2) is 75.2 Å². The van der Waals surface area contributed by atoms with Gasteiger partial charge in [-0.15, -0.1) is 24.0 Å². The molecule has 0 radical (unpaired) electrons. The summed E-state index contributed by atoms with van der Waals surface area (Å²) < 4.78 is 23.2. The SMILES string of the molecule is I.c1coc(CCNC(=NCC2CCCCO2)N2CCOC(C3CCCO3)C2)c1. The third-order valence-corrected chi connectivity index (χ3v) is 5.73. The first-order chi connectivity index (χ1) is 13.9. The van der Waals surface area contributed by atoms with Crippen LogP contribution in [-0.2, 0) is 20.6 Å². The Kier molecular flexibility index (Phi) is 9.54. The molecule has 3 aliphatic rings. The highest BCUT2D eigenvalue weighted by Gasteiger charge is 2.32. The van der Waals surface area contributed by atoms with Gasteiger partial charge in [0.05, 0.1) is 31.6 Å². The molecule has 1 aromatic rings. The molecule has 0 amide bonds. The Bertz CT molecular complexity index is 601. The van der Waals surface area contributed by atoms with Crippen molar-refractivity contribution in [1.29, 1.82) is 0 Å². The summed E-state index contributed by atoms with van der Waals surface area (Å²) in [4.78, 5) is 7.25. The minimum atomic E-state index is 0. The van der Waals surface area contributed by atoms with E-state index in [4.69, 9.17) is 23.6 Å². The van der Waals surface area contributed by atoms with Crippen molar-refractivity contribution in [3.63, 3.8) is 0 Å². The number of nitrogens with one attached hydrogen (secondary N) is 1. The van der Waals surface area contributed by atoms with Gasteiger partial charge in [0, 0.05) is 39.3 Å². The molecule has 29 heavy (non-hydrogen) atoms. The van der Waals surface area contributed by atoms with Crippen molar-refractivity contribution < 1.29 is 18.6 Å². The number of nitrogens with zero attached hydrogens (tertiary/aromatic N) is 2. The Morgan fingerprint density at radius 1 is 1.07 bits per heavy atom. The van der Waals surface area contributed by atoms with Crippen molar-refractivity contribution in [2.45, 2.75) is 56.8 Å². The minimum Gasteiger partial charge on any atom is -0.469 e. The summed E-state index contributed by atoms with van der Waals surface area (Å²) in [5.41, 5.74) is 0. The highest BCUT2D eigenvalue weighted by Crippen LogP contribution is 2.21. The molecule has 0 aromatic carbocycles. The predicted molar refractivity (Wildman–Crippen MR) is 122 cm³/mol. The first kappa shape index (κ1) is 22.8. The van der Waals surface area contributed by atoms with Crippen LogP contribution >= 0.6 is 24.0 Å². The van der Waals surface area contributed by atoms with E-state index in [0.29, 0.717) is 13.2 Å². The third kappa shape index (κ3) is 6.83. The fourth-order valence-corrected chi connectivity index (χ4v) is 4.15. The number of morpholine rings is 1. The van der Waals surface area contributed by atoms with Gasteiger partial charge in [0.25, 0.3) is 0 Å². The zero-order valence-electron chi connectivity index (χ0n) is 17.1. The summed E-state index contributed by atoms with van der Waals surface area (Å²) in [6.45, 7) is 5.60. The van der Waals surface area contributed by atoms with Gasteiger partial charge in [-0.2, -0.15) is 0 Å². The zero-order valence-corrected chi connectivity index (χ0v) is 19.4. The number of aliphatic imine (C=N–C) groups is 1. The number of guanidine groups is 1. The second kappa shape index (κ2) is 12.1. The molecule has 1 N–H and O–H groups in total. The maximum absolute atomic E-state index is 6.01. The third-order valence-electron chi connectivity index (χ3n) is 5.73. The van der Waals surface area contributed by atoms with Gasteiger partial charge in [0.15, 0.2) is 5.96 Å². The molecule has 3 aliphatic heterocycles. The number of hydrogen-bond donors (Lipinski definition) is 1. The molecule has 4 rings (SSSR count). The van der Waals surface area contributed by atoms with E-state index in [1.807, 2.05) is 12.1 Å². The average molecular weight is 519 g/mol. The van der Waals surface area contributed by atoms with E-state index in [1.54, 1.807) is 6.26 Å². The molecule has 8 heteroatoms. The van der Waals surface area contributed by atoms with Gasteiger partial charge in [-0.1, -0.05) is 0 Å². The van der Waals surface area contributed by atoms with Crippen molar-refractivity contribution in [2.24, 2.45) is 4.99 Å². The van der Waals surface area contributed by atoms with E-state index in [1.165, 1.54) is 12.8 Å². The summed E-state index contributed by atoms with van der Waals surface area (Å²) in [6, 6.07) is 3.94. The Labute approximate surface area is 190 Å². The van der Waals surface area contributed by atoms with Crippen molar-refractivity contribution in [3.8, 4) is 0 Å². The topological polar surface area (TPSA) is 68.5 Å². The first-order valence-electron chi connectivity index (χ1n) is 10.8. The molecule has 0 aliphatic carbocycles. The minimum absolute atomic E-state index is 0. The van der Waals surface area contributed by atoms with Crippen LogP contribution in [0.5, 0.6) is 0 Å². The van der Waals surface area contributed by atoms with Crippen LogP contribution in [0.4, 0.5) is 0 Å². The molecule has 3 saturated heterocycles. The fraction of sp³-hybridized carbons (Fsp3) is 0.762. The van der Waals surface area contributed by atoms with Gasteiger partial charge in [-0.25, -0.2) is 0 Å². The molecule has 164 valence electrons. The lowest BCUT2D eigenvalue weighted by atomic mass is 10.1. The molecule has 4 heterocycles. The van der Waals surface area contributed by atoms with Crippen molar-refractivity contribution in [3.05, 3.63) is 24.2 Å². The van der Waals surface area contributed by atoms with E-state index < -0.39 is 0 Å². The Hall–Kier alpha value is -0.840. The van der Waals surface area contributed by atoms with E-state index >= 15 is 0 Å². The Morgan fingerprint density at radius 3 is 2.72 bits per heavy atom. The summed E-state index contributed by atoms with van der Waals surface area (Å²) in [7, 11) is 0. The van der Waals surface area contributed by atoms with Gasteiger partial charge in [-0.05, 0) is 44.2 Å². The Balaban J connectivity index is 0.00000240. The lowest BCUT2D eigenvalue weighted by molar-refractivity contribution is -0.0817. The van der Waals surface area contributed by atoms with Crippen LogP contribution in [0, 0.1) is 0 Å². The van der Waals surface area contributed by atoms with E-state index in [0.717, 1.165) is 70.3 Å². The van der Waals surface area contributed by atoms with Crippen LogP contribution < -0.4 is 5.32 Å². The molecule has 1 aromatic heterocycles. The molecule has 3 fully saturated rings. The monoisotopic (exact) mass is 519 g/mol. The largest absolute Gasteiger partial charge is 0.469 e. The maximum atomic E-state index is 6.01. The van der Waals surface area contributed by atoms with Crippen LogP contribution in [0.1, 0.15) is 37.9 Å². The molecule has 0 saturated carbocycles. The number of rotatable bonds is 6. The normalized spacial score (nSPS) is 28.2. The number of ether oxygens (including phenoxy) is 3.